The van der Waals surface area contributed by atoms with Crippen LogP contribution in [0, 0.1) is 0 Å². The third-order valence-electron chi connectivity index (χ3n) is 9.76. The minimum Gasteiger partial charge on any atom is -0.278 e. The molecule has 212 valence electrons. The fraction of sp³-hybridized carbons (Fsp3) is 0.0732. The van der Waals surface area contributed by atoms with Crippen molar-refractivity contribution in [2.75, 3.05) is 0 Å². The molecule has 0 amide bonds. The second-order valence-electron chi connectivity index (χ2n) is 12.6. The molecule has 3 aromatic heterocycles. The molecule has 0 saturated carbocycles. The molecule has 0 bridgehead atoms. The molecule has 1 aliphatic rings. The summed E-state index contributed by atoms with van der Waals surface area (Å²) in [5, 5.41) is 7.42. The molecule has 0 spiro atoms. The molecule has 3 nitrogen and oxygen atoms in total. The zero-order valence-electron chi connectivity index (χ0n) is 24.9. The quantitative estimate of drug-likeness (QED) is 0.200. The van der Waals surface area contributed by atoms with E-state index in [1.807, 2.05) is 11.3 Å². The largest absolute Gasteiger partial charge is 0.278 e. The Balaban J connectivity index is 1.37. The first-order valence-electron chi connectivity index (χ1n) is 15.4. The minimum absolute atomic E-state index is 0.280. The Bertz CT molecular complexity index is 2690. The number of rotatable bonds is 2. The van der Waals surface area contributed by atoms with Crippen molar-refractivity contribution < 1.29 is 0 Å². The van der Waals surface area contributed by atoms with Crippen LogP contribution in [0.1, 0.15) is 25.1 Å². The number of aromatic nitrogens is 3. The van der Waals surface area contributed by atoms with Crippen LogP contribution in [0.4, 0.5) is 0 Å². The summed E-state index contributed by atoms with van der Waals surface area (Å²) in [4.78, 5) is 11.1. The lowest BCUT2D eigenvalue weighted by atomic mass is 9.85. The average Bonchev–Trinajstić information content (AvgIpc) is 3.69. The monoisotopic (exact) mass is 593 g/mol. The minimum atomic E-state index is -0.280. The Kier molecular flexibility index (Phi) is 4.94. The number of fused-ring (bicyclic) bond motifs is 10. The standard InChI is InChI=1S/C41H27N3S/c1-41(2)32-19-8-5-16-29(32)36-37(30-18-11-17-28-27-15-7-10-21-35(27)45-38(28)30)42-40(43-39(36)41)44-33-20-9-6-14-26(33)31-22-24-12-3-4-13-25(24)23-34(31)44/h3-23H,1-2H3. The zero-order valence-corrected chi connectivity index (χ0v) is 25.7. The Hall–Kier alpha value is -5.32. The number of hydrogen-bond donors (Lipinski definition) is 0. The van der Waals surface area contributed by atoms with Gasteiger partial charge in [0.2, 0.25) is 5.95 Å². The van der Waals surface area contributed by atoms with Gasteiger partial charge in [-0.25, -0.2) is 9.97 Å². The Morgan fingerprint density at radius 2 is 1.27 bits per heavy atom. The van der Waals surface area contributed by atoms with Crippen molar-refractivity contribution in [2.45, 2.75) is 19.3 Å². The molecule has 0 radical (unpaired) electrons. The molecular formula is C41H27N3S. The maximum Gasteiger partial charge on any atom is 0.235 e. The smallest absolute Gasteiger partial charge is 0.235 e. The molecule has 10 rings (SSSR count). The molecule has 0 N–H and O–H groups in total. The van der Waals surface area contributed by atoms with Gasteiger partial charge in [0, 0.05) is 47.5 Å². The van der Waals surface area contributed by atoms with E-state index in [1.54, 1.807) is 0 Å². The highest BCUT2D eigenvalue weighted by molar-refractivity contribution is 7.26. The first-order valence-corrected chi connectivity index (χ1v) is 16.2. The van der Waals surface area contributed by atoms with Gasteiger partial charge in [0.25, 0.3) is 0 Å². The van der Waals surface area contributed by atoms with E-state index in [9.17, 15) is 0 Å². The van der Waals surface area contributed by atoms with Crippen LogP contribution >= 0.6 is 11.3 Å². The van der Waals surface area contributed by atoms with Gasteiger partial charge in [-0.2, -0.15) is 0 Å². The lowest BCUT2D eigenvalue weighted by molar-refractivity contribution is 0.632. The summed E-state index contributed by atoms with van der Waals surface area (Å²) in [6, 6.07) is 46.0. The van der Waals surface area contributed by atoms with E-state index in [0.717, 1.165) is 33.5 Å². The van der Waals surface area contributed by atoms with Crippen LogP contribution in [0.15, 0.2) is 127 Å². The van der Waals surface area contributed by atoms with E-state index in [0.29, 0.717) is 5.95 Å². The fourth-order valence-electron chi connectivity index (χ4n) is 7.63. The molecular weight excluding hydrogens is 567 g/mol. The van der Waals surface area contributed by atoms with Gasteiger partial charge in [0.1, 0.15) is 0 Å². The molecule has 6 aromatic carbocycles. The summed E-state index contributed by atoms with van der Waals surface area (Å²) in [7, 11) is 0. The molecule has 0 saturated heterocycles. The predicted molar refractivity (Wildman–Crippen MR) is 190 cm³/mol. The van der Waals surface area contributed by atoms with Gasteiger partial charge in [-0.15, -0.1) is 11.3 Å². The molecule has 1 aliphatic carbocycles. The van der Waals surface area contributed by atoms with Gasteiger partial charge in [-0.3, -0.25) is 4.57 Å². The SMILES string of the molecule is CC1(C)c2ccccc2-c2c(-c3cccc4c3sc3ccccc34)nc(-n3c4ccccc4c4cc5ccccc5cc43)nc21. The first-order chi connectivity index (χ1) is 22.1. The Morgan fingerprint density at radius 3 is 2.16 bits per heavy atom. The van der Waals surface area contributed by atoms with E-state index in [4.69, 9.17) is 9.97 Å². The normalized spacial score (nSPS) is 13.7. The lowest BCUT2D eigenvalue weighted by Gasteiger charge is -2.21. The van der Waals surface area contributed by atoms with Crippen molar-refractivity contribution in [3.63, 3.8) is 0 Å². The van der Waals surface area contributed by atoms with Crippen molar-refractivity contribution in [3.05, 3.63) is 139 Å². The molecule has 4 heteroatoms. The van der Waals surface area contributed by atoms with Crippen LogP contribution < -0.4 is 0 Å². The first kappa shape index (κ1) is 25.1. The van der Waals surface area contributed by atoms with E-state index < -0.39 is 0 Å². The van der Waals surface area contributed by atoms with Crippen molar-refractivity contribution in [2.24, 2.45) is 0 Å². The number of hydrogen-bond acceptors (Lipinski definition) is 3. The van der Waals surface area contributed by atoms with Crippen LogP contribution in [0.5, 0.6) is 0 Å². The van der Waals surface area contributed by atoms with Crippen molar-refractivity contribution in [1.82, 2.24) is 14.5 Å². The number of nitrogens with zero attached hydrogens (tertiary/aromatic N) is 3. The van der Waals surface area contributed by atoms with E-state index >= 15 is 0 Å². The van der Waals surface area contributed by atoms with Crippen LogP contribution in [-0.2, 0) is 5.41 Å². The highest BCUT2D eigenvalue weighted by atomic mass is 32.1. The van der Waals surface area contributed by atoms with Crippen molar-refractivity contribution in [3.8, 4) is 28.3 Å². The number of para-hydroxylation sites is 1. The highest BCUT2D eigenvalue weighted by Crippen LogP contribution is 2.52. The van der Waals surface area contributed by atoms with Crippen molar-refractivity contribution in [1.29, 1.82) is 0 Å². The molecule has 0 atom stereocenters. The lowest BCUT2D eigenvalue weighted by Crippen LogP contribution is -2.18. The summed E-state index contributed by atoms with van der Waals surface area (Å²) >= 11 is 1.85. The van der Waals surface area contributed by atoms with Crippen LogP contribution in [0.25, 0.3) is 81.1 Å². The molecule has 0 unspecified atom stereocenters. The van der Waals surface area contributed by atoms with Gasteiger partial charge in [0.15, 0.2) is 0 Å². The molecule has 3 heterocycles. The van der Waals surface area contributed by atoms with Gasteiger partial charge in [-0.05, 0) is 46.2 Å². The van der Waals surface area contributed by atoms with Crippen LogP contribution in [0.2, 0.25) is 0 Å². The van der Waals surface area contributed by atoms with Gasteiger partial charge < -0.3 is 0 Å². The fourth-order valence-corrected chi connectivity index (χ4v) is 8.85. The third kappa shape index (κ3) is 3.35. The molecule has 0 aliphatic heterocycles. The van der Waals surface area contributed by atoms with Gasteiger partial charge in [0.05, 0.1) is 22.4 Å². The third-order valence-corrected chi connectivity index (χ3v) is 11.0. The topological polar surface area (TPSA) is 30.7 Å². The van der Waals surface area contributed by atoms with Crippen LogP contribution in [-0.4, -0.2) is 14.5 Å². The highest BCUT2D eigenvalue weighted by Gasteiger charge is 2.40. The summed E-state index contributed by atoms with van der Waals surface area (Å²) < 4.78 is 4.84. The summed E-state index contributed by atoms with van der Waals surface area (Å²) in [5.41, 5.74) is 8.86. The summed E-state index contributed by atoms with van der Waals surface area (Å²) in [6.45, 7) is 4.61. The summed E-state index contributed by atoms with van der Waals surface area (Å²) in [5.74, 6) is 0.712. The number of thiophene rings is 1. The predicted octanol–water partition coefficient (Wildman–Crippen LogP) is 11.1. The van der Waals surface area contributed by atoms with Crippen molar-refractivity contribution >= 4 is 64.1 Å². The Morgan fingerprint density at radius 1 is 0.578 bits per heavy atom. The maximum atomic E-state index is 5.58. The summed E-state index contributed by atoms with van der Waals surface area (Å²) in [6.07, 6.45) is 0. The molecule has 0 fully saturated rings. The average molecular weight is 594 g/mol. The van der Waals surface area contributed by atoms with E-state index in [1.165, 1.54) is 52.8 Å². The second-order valence-corrected chi connectivity index (χ2v) is 13.7. The zero-order chi connectivity index (χ0) is 29.9. The van der Waals surface area contributed by atoms with E-state index in [-0.39, 0.29) is 5.41 Å². The molecule has 45 heavy (non-hydrogen) atoms. The second kappa shape index (κ2) is 8.87. The van der Waals surface area contributed by atoms with Crippen LogP contribution in [0.3, 0.4) is 0 Å². The molecule has 9 aromatic rings. The maximum absolute atomic E-state index is 5.58. The van der Waals surface area contributed by atoms with E-state index in [2.05, 4.69) is 146 Å². The van der Waals surface area contributed by atoms with Gasteiger partial charge >= 0.3 is 0 Å². The Labute approximate surface area is 264 Å². The number of benzene rings is 6. The van der Waals surface area contributed by atoms with Gasteiger partial charge in [-0.1, -0.05) is 117 Å².